The summed E-state index contributed by atoms with van der Waals surface area (Å²) < 4.78 is 5.81. The van der Waals surface area contributed by atoms with E-state index in [0.717, 1.165) is 11.3 Å². The van der Waals surface area contributed by atoms with Gasteiger partial charge < -0.3 is 10.1 Å². The molecule has 1 N–H and O–H groups in total. The molecule has 0 amide bonds. The Morgan fingerprint density at radius 2 is 2.10 bits per heavy atom. The molecule has 0 aliphatic carbocycles. The molecular weight excluding hydrogens is 272 g/mol. The van der Waals surface area contributed by atoms with Gasteiger partial charge in [-0.15, -0.1) is 0 Å². The number of hydrogen-bond acceptors (Lipinski definition) is 3. The summed E-state index contributed by atoms with van der Waals surface area (Å²) in [5.74, 6) is 1.82. The topological polar surface area (TPSA) is 34.1 Å². The van der Waals surface area contributed by atoms with E-state index in [2.05, 4.69) is 30.2 Å². The van der Waals surface area contributed by atoms with Gasteiger partial charge in [0, 0.05) is 18.8 Å². The van der Waals surface area contributed by atoms with Crippen molar-refractivity contribution < 1.29 is 4.74 Å². The van der Waals surface area contributed by atoms with Crippen molar-refractivity contribution in [1.29, 1.82) is 0 Å². The van der Waals surface area contributed by atoms with Crippen molar-refractivity contribution in [2.45, 2.75) is 26.3 Å². The smallest absolute Gasteiger partial charge is 0.219 e. The van der Waals surface area contributed by atoms with Gasteiger partial charge in [-0.1, -0.05) is 37.6 Å². The predicted molar refractivity (Wildman–Crippen MR) is 82.6 cm³/mol. The fourth-order valence-electron chi connectivity index (χ4n) is 1.90. The van der Waals surface area contributed by atoms with Gasteiger partial charge in [0.15, 0.2) is 0 Å². The summed E-state index contributed by atoms with van der Waals surface area (Å²) in [6.45, 7) is 5.00. The third kappa shape index (κ3) is 3.71. The zero-order chi connectivity index (χ0) is 14.5. The van der Waals surface area contributed by atoms with Gasteiger partial charge in [0.25, 0.3) is 0 Å². The Bertz CT molecular complexity index is 584. The zero-order valence-corrected chi connectivity index (χ0v) is 12.7. The third-order valence-corrected chi connectivity index (χ3v) is 3.36. The number of nitrogens with one attached hydrogen (secondary N) is 1. The first kappa shape index (κ1) is 14.8. The average Bonchev–Trinajstić information content (AvgIpc) is 2.43. The molecular formula is C16H19ClN2O. The quantitative estimate of drug-likeness (QED) is 0.888. The lowest BCUT2D eigenvalue weighted by molar-refractivity contribution is 0.461. The van der Waals surface area contributed by atoms with E-state index in [1.807, 2.05) is 31.3 Å². The van der Waals surface area contributed by atoms with Crippen LogP contribution in [0, 0.1) is 0 Å². The Balaban J connectivity index is 2.21. The first-order valence-corrected chi connectivity index (χ1v) is 7.04. The van der Waals surface area contributed by atoms with Crippen LogP contribution < -0.4 is 10.1 Å². The van der Waals surface area contributed by atoms with Gasteiger partial charge in [-0.05, 0) is 36.2 Å². The molecule has 0 radical (unpaired) electrons. The second-order valence-electron chi connectivity index (χ2n) is 4.97. The van der Waals surface area contributed by atoms with Gasteiger partial charge in [0.2, 0.25) is 5.88 Å². The minimum absolute atomic E-state index is 0.469. The van der Waals surface area contributed by atoms with E-state index in [1.54, 1.807) is 6.20 Å². The van der Waals surface area contributed by atoms with Crippen molar-refractivity contribution in [3.8, 4) is 11.6 Å². The van der Waals surface area contributed by atoms with Crippen LogP contribution >= 0.6 is 11.6 Å². The predicted octanol–water partition coefficient (Wildman–Crippen LogP) is 4.37. The number of pyridine rings is 1. The van der Waals surface area contributed by atoms with E-state index < -0.39 is 0 Å². The van der Waals surface area contributed by atoms with Gasteiger partial charge in [-0.2, -0.15) is 0 Å². The number of benzene rings is 1. The lowest BCUT2D eigenvalue weighted by atomic mass is 10.0. The Kier molecular flexibility index (Phi) is 4.99. The summed E-state index contributed by atoms with van der Waals surface area (Å²) >= 11 is 6.09. The Labute approximate surface area is 124 Å². The van der Waals surface area contributed by atoms with E-state index in [1.165, 1.54) is 5.56 Å². The molecule has 1 aromatic heterocycles. The molecule has 2 aromatic rings. The maximum Gasteiger partial charge on any atom is 0.219 e. The lowest BCUT2D eigenvalue weighted by Gasteiger charge is -2.10. The molecule has 0 atom stereocenters. The number of halogens is 1. The Morgan fingerprint density at radius 1 is 1.30 bits per heavy atom. The molecule has 0 aliphatic heterocycles. The molecule has 106 valence electrons. The van der Waals surface area contributed by atoms with Gasteiger partial charge >= 0.3 is 0 Å². The van der Waals surface area contributed by atoms with E-state index in [0.29, 0.717) is 23.4 Å². The van der Waals surface area contributed by atoms with Crippen molar-refractivity contribution in [2.24, 2.45) is 0 Å². The molecule has 0 saturated heterocycles. The summed E-state index contributed by atoms with van der Waals surface area (Å²) in [6.07, 6.45) is 1.62. The van der Waals surface area contributed by atoms with Crippen molar-refractivity contribution in [3.05, 3.63) is 52.7 Å². The number of nitrogens with zero attached hydrogens (tertiary/aromatic N) is 1. The summed E-state index contributed by atoms with van der Waals surface area (Å²) in [5.41, 5.74) is 2.21. The van der Waals surface area contributed by atoms with Crippen LogP contribution in [0.4, 0.5) is 0 Å². The molecule has 1 aromatic carbocycles. The minimum atomic E-state index is 0.469. The van der Waals surface area contributed by atoms with Crippen LogP contribution in [0.15, 0.2) is 36.5 Å². The SMILES string of the molecule is CNCc1cc(Oc2cccc(C(C)C)c2)ncc1Cl. The Hall–Kier alpha value is -1.58. The molecule has 0 saturated carbocycles. The highest BCUT2D eigenvalue weighted by Gasteiger charge is 2.06. The molecule has 4 heteroatoms. The van der Waals surface area contributed by atoms with Gasteiger partial charge in [-0.25, -0.2) is 4.98 Å². The van der Waals surface area contributed by atoms with Crippen LogP contribution in [-0.2, 0) is 6.54 Å². The first-order valence-electron chi connectivity index (χ1n) is 6.67. The highest BCUT2D eigenvalue weighted by atomic mass is 35.5. The average molecular weight is 291 g/mol. The molecule has 0 aliphatic rings. The number of ether oxygens (including phenoxy) is 1. The maximum atomic E-state index is 6.09. The van der Waals surface area contributed by atoms with Gasteiger partial charge in [0.05, 0.1) is 5.02 Å². The number of aromatic nitrogens is 1. The summed E-state index contributed by atoms with van der Waals surface area (Å²) in [4.78, 5) is 4.21. The maximum absolute atomic E-state index is 6.09. The highest BCUT2D eigenvalue weighted by molar-refractivity contribution is 6.31. The number of rotatable bonds is 5. The van der Waals surface area contributed by atoms with Crippen LogP contribution in [0.2, 0.25) is 5.02 Å². The summed E-state index contributed by atoms with van der Waals surface area (Å²) in [6, 6.07) is 9.92. The highest BCUT2D eigenvalue weighted by Crippen LogP contribution is 2.26. The fourth-order valence-corrected chi connectivity index (χ4v) is 2.07. The van der Waals surface area contributed by atoms with Crippen LogP contribution in [0.25, 0.3) is 0 Å². The first-order chi connectivity index (χ1) is 9.60. The van der Waals surface area contributed by atoms with Crippen molar-refractivity contribution in [2.75, 3.05) is 7.05 Å². The Morgan fingerprint density at radius 3 is 2.80 bits per heavy atom. The zero-order valence-electron chi connectivity index (χ0n) is 12.0. The van der Waals surface area contributed by atoms with E-state index >= 15 is 0 Å². The van der Waals surface area contributed by atoms with Crippen LogP contribution in [-0.4, -0.2) is 12.0 Å². The summed E-state index contributed by atoms with van der Waals surface area (Å²) in [5, 5.41) is 3.71. The van der Waals surface area contributed by atoms with Crippen LogP contribution in [0.5, 0.6) is 11.6 Å². The van der Waals surface area contributed by atoms with Crippen molar-refractivity contribution >= 4 is 11.6 Å². The molecule has 20 heavy (non-hydrogen) atoms. The molecule has 2 rings (SSSR count). The molecule has 0 fully saturated rings. The van der Waals surface area contributed by atoms with E-state index in [-0.39, 0.29) is 0 Å². The van der Waals surface area contributed by atoms with Crippen LogP contribution in [0.1, 0.15) is 30.9 Å². The minimum Gasteiger partial charge on any atom is -0.439 e. The fraction of sp³-hybridized carbons (Fsp3) is 0.312. The second kappa shape index (κ2) is 6.73. The van der Waals surface area contributed by atoms with Crippen molar-refractivity contribution in [1.82, 2.24) is 10.3 Å². The molecule has 0 spiro atoms. The molecule has 1 heterocycles. The number of hydrogen-bond donors (Lipinski definition) is 1. The van der Waals surface area contributed by atoms with E-state index in [4.69, 9.17) is 16.3 Å². The second-order valence-corrected chi connectivity index (χ2v) is 5.38. The van der Waals surface area contributed by atoms with Gasteiger partial charge in [-0.3, -0.25) is 0 Å². The van der Waals surface area contributed by atoms with E-state index in [9.17, 15) is 0 Å². The van der Waals surface area contributed by atoms with Gasteiger partial charge in [0.1, 0.15) is 5.75 Å². The van der Waals surface area contributed by atoms with Crippen molar-refractivity contribution in [3.63, 3.8) is 0 Å². The molecule has 0 unspecified atom stereocenters. The van der Waals surface area contributed by atoms with Crippen LogP contribution in [0.3, 0.4) is 0 Å². The molecule has 3 nitrogen and oxygen atoms in total. The molecule has 0 bridgehead atoms. The standard InChI is InChI=1S/C16H19ClN2O/c1-11(2)12-5-4-6-14(7-12)20-16-8-13(9-18-3)15(17)10-19-16/h4-8,10-11,18H,9H2,1-3H3. The monoisotopic (exact) mass is 290 g/mol. The third-order valence-electron chi connectivity index (χ3n) is 3.02. The lowest BCUT2D eigenvalue weighted by Crippen LogP contribution is -2.06. The largest absolute Gasteiger partial charge is 0.439 e. The summed E-state index contributed by atoms with van der Waals surface area (Å²) in [7, 11) is 1.88. The normalized spacial score (nSPS) is 10.8.